The largest absolute Gasteiger partial charge is 0.459 e. The molecule has 0 saturated carbocycles. The van der Waals surface area contributed by atoms with Crippen LogP contribution in [-0.4, -0.2) is 40.5 Å². The van der Waals surface area contributed by atoms with E-state index in [0.29, 0.717) is 5.02 Å². The van der Waals surface area contributed by atoms with Gasteiger partial charge in [-0.25, -0.2) is 0 Å². The van der Waals surface area contributed by atoms with Crippen molar-refractivity contribution in [2.45, 2.75) is 18.6 Å². The molecule has 2 saturated heterocycles. The maximum Gasteiger partial charge on any atom is 0.292 e. The summed E-state index contributed by atoms with van der Waals surface area (Å²) in [5, 5.41) is 8.38. The van der Waals surface area contributed by atoms with E-state index in [1.165, 1.54) is 4.90 Å². The molecule has 2 heterocycles. The molecular weight excluding hydrogens is 284 g/mol. The first kappa shape index (κ1) is 12.8. The summed E-state index contributed by atoms with van der Waals surface area (Å²) in [6, 6.07) is 7.28. The van der Waals surface area contributed by atoms with Crippen LogP contribution < -0.4 is 0 Å². The predicted molar refractivity (Wildman–Crippen MR) is 75.7 cm³/mol. The van der Waals surface area contributed by atoms with Gasteiger partial charge in [0.05, 0.1) is 12.5 Å². The number of rotatable bonds is 2. The number of ether oxygens (including phenoxy) is 1. The smallest absolute Gasteiger partial charge is 0.292 e. The van der Waals surface area contributed by atoms with Crippen molar-refractivity contribution >= 4 is 35.3 Å². The minimum absolute atomic E-state index is 0.00693. The highest BCUT2D eigenvalue weighted by Gasteiger charge is 2.45. The lowest BCUT2D eigenvalue weighted by Crippen LogP contribution is -2.42. The van der Waals surface area contributed by atoms with E-state index < -0.39 is 0 Å². The minimum Gasteiger partial charge on any atom is -0.459 e. The Morgan fingerprint density at radius 2 is 2.26 bits per heavy atom. The van der Waals surface area contributed by atoms with Gasteiger partial charge in [-0.15, -0.1) is 0 Å². The molecule has 1 N–H and O–H groups in total. The summed E-state index contributed by atoms with van der Waals surface area (Å²) in [5.74, 6) is 1.57. The van der Waals surface area contributed by atoms with Crippen LogP contribution in [0.3, 0.4) is 0 Å². The van der Waals surface area contributed by atoms with Crippen LogP contribution in [0.15, 0.2) is 24.3 Å². The summed E-state index contributed by atoms with van der Waals surface area (Å²) in [6.45, 7) is 0. The minimum atomic E-state index is -0.117. The van der Waals surface area contributed by atoms with Crippen molar-refractivity contribution < 1.29 is 9.53 Å². The molecule has 0 unspecified atom stereocenters. The van der Waals surface area contributed by atoms with E-state index in [4.69, 9.17) is 21.7 Å². The molecule has 4 nitrogen and oxygen atoms in total. The topological polar surface area (TPSA) is 53.4 Å². The van der Waals surface area contributed by atoms with Gasteiger partial charge in [0.1, 0.15) is 6.10 Å². The fraction of sp³-hybridized carbons (Fsp3) is 0.385. The number of benzene rings is 1. The second-order valence-electron chi connectivity index (χ2n) is 4.60. The zero-order valence-electron chi connectivity index (χ0n) is 10.1. The van der Waals surface area contributed by atoms with E-state index in [0.717, 1.165) is 17.1 Å². The van der Waals surface area contributed by atoms with Gasteiger partial charge in [0.25, 0.3) is 6.02 Å². The molecule has 3 rings (SSSR count). The number of nitrogens with zero attached hydrogens (tertiary/aromatic N) is 1. The molecule has 1 aromatic carbocycles. The Morgan fingerprint density at radius 3 is 3.05 bits per heavy atom. The molecule has 2 fully saturated rings. The van der Waals surface area contributed by atoms with Gasteiger partial charge in [0.2, 0.25) is 5.91 Å². The fourth-order valence-corrected chi connectivity index (χ4v) is 3.88. The molecule has 19 heavy (non-hydrogen) atoms. The van der Waals surface area contributed by atoms with Crippen LogP contribution in [0.25, 0.3) is 0 Å². The second kappa shape index (κ2) is 5.06. The summed E-state index contributed by atoms with van der Waals surface area (Å²) < 4.78 is 5.42. The number of carbonyl (C=O) groups is 1. The number of thioether (sulfide) groups is 1. The summed E-state index contributed by atoms with van der Waals surface area (Å²) in [6.07, 6.45) is 0.187. The van der Waals surface area contributed by atoms with Crippen LogP contribution >= 0.6 is 23.4 Å². The zero-order chi connectivity index (χ0) is 13.4. The second-order valence-corrected chi connectivity index (χ2v) is 6.08. The average molecular weight is 297 g/mol. The standard InChI is InChI=1S/C13H13ClN2O2S/c14-9-4-2-1-3-8(9)5-12(17)16-10-6-19-7-11(10)18-13(16)15/h1-4,10-11,15H,5-7H2/t10-,11+/m1/s1. The van der Waals surface area contributed by atoms with Gasteiger partial charge in [-0.05, 0) is 11.6 Å². The molecule has 0 bridgehead atoms. The van der Waals surface area contributed by atoms with Crippen LogP contribution in [0, 0.1) is 5.41 Å². The first-order valence-electron chi connectivity index (χ1n) is 6.05. The van der Waals surface area contributed by atoms with Crippen LogP contribution in [0.2, 0.25) is 5.02 Å². The van der Waals surface area contributed by atoms with Gasteiger partial charge in [-0.3, -0.25) is 15.1 Å². The normalized spacial score (nSPS) is 25.3. The molecule has 0 aromatic heterocycles. The molecule has 2 atom stereocenters. The third-order valence-electron chi connectivity index (χ3n) is 3.38. The van der Waals surface area contributed by atoms with Gasteiger partial charge in [-0.1, -0.05) is 29.8 Å². The Hall–Kier alpha value is -1.20. The molecule has 0 radical (unpaired) electrons. The fourth-order valence-electron chi connectivity index (χ4n) is 2.42. The molecule has 2 aliphatic heterocycles. The average Bonchev–Trinajstić information content (AvgIpc) is 2.91. The summed E-state index contributed by atoms with van der Waals surface area (Å²) in [7, 11) is 0. The zero-order valence-corrected chi connectivity index (χ0v) is 11.7. The van der Waals surface area contributed by atoms with Gasteiger partial charge < -0.3 is 4.74 Å². The van der Waals surface area contributed by atoms with Gasteiger partial charge in [0.15, 0.2) is 0 Å². The van der Waals surface area contributed by atoms with Crippen molar-refractivity contribution in [3.05, 3.63) is 34.9 Å². The Morgan fingerprint density at radius 1 is 1.47 bits per heavy atom. The maximum absolute atomic E-state index is 12.4. The van der Waals surface area contributed by atoms with E-state index >= 15 is 0 Å². The molecule has 1 amide bonds. The van der Waals surface area contributed by atoms with Crippen LogP contribution in [0.1, 0.15) is 5.56 Å². The quantitative estimate of drug-likeness (QED) is 0.910. The lowest BCUT2D eigenvalue weighted by atomic mass is 10.1. The van der Waals surface area contributed by atoms with Crippen molar-refractivity contribution in [1.29, 1.82) is 5.41 Å². The summed E-state index contributed by atoms with van der Waals surface area (Å²) in [5.41, 5.74) is 0.788. The number of hydrogen-bond donors (Lipinski definition) is 1. The van der Waals surface area contributed by atoms with Gasteiger partial charge in [0, 0.05) is 16.5 Å². The number of halogens is 1. The molecule has 0 spiro atoms. The third kappa shape index (κ3) is 2.32. The number of amides is 1. The van der Waals surface area contributed by atoms with Crippen molar-refractivity contribution in [1.82, 2.24) is 4.90 Å². The van der Waals surface area contributed by atoms with Crippen molar-refractivity contribution in [3.63, 3.8) is 0 Å². The van der Waals surface area contributed by atoms with E-state index in [9.17, 15) is 4.79 Å². The highest BCUT2D eigenvalue weighted by Crippen LogP contribution is 2.32. The summed E-state index contributed by atoms with van der Waals surface area (Å²) in [4.78, 5) is 13.8. The molecule has 1 aromatic rings. The highest BCUT2D eigenvalue weighted by atomic mass is 35.5. The van der Waals surface area contributed by atoms with Crippen molar-refractivity contribution in [3.8, 4) is 0 Å². The Bertz CT molecular complexity index is 537. The van der Waals surface area contributed by atoms with E-state index in [2.05, 4.69) is 0 Å². The van der Waals surface area contributed by atoms with E-state index in [1.54, 1.807) is 17.8 Å². The molecular formula is C13H13ClN2O2S. The number of nitrogens with one attached hydrogen (secondary N) is 1. The van der Waals surface area contributed by atoms with Crippen LogP contribution in [0.5, 0.6) is 0 Å². The van der Waals surface area contributed by atoms with Crippen molar-refractivity contribution in [2.24, 2.45) is 0 Å². The van der Waals surface area contributed by atoms with Crippen molar-refractivity contribution in [2.75, 3.05) is 11.5 Å². The lowest BCUT2D eigenvalue weighted by molar-refractivity contribution is -0.127. The Balaban J connectivity index is 1.77. The van der Waals surface area contributed by atoms with E-state index in [-0.39, 0.29) is 30.5 Å². The molecule has 2 aliphatic rings. The Kier molecular flexibility index (Phi) is 3.41. The monoisotopic (exact) mass is 296 g/mol. The van der Waals surface area contributed by atoms with Gasteiger partial charge in [-0.2, -0.15) is 11.8 Å². The SMILES string of the molecule is N=C1O[C@H]2CSC[C@H]2N1C(=O)Cc1ccccc1Cl. The predicted octanol–water partition coefficient (Wildman–Crippen LogP) is 2.16. The molecule has 6 heteroatoms. The Labute approximate surface area is 120 Å². The number of hydrogen-bond acceptors (Lipinski definition) is 4. The van der Waals surface area contributed by atoms with Gasteiger partial charge >= 0.3 is 0 Å². The number of carbonyl (C=O) groups excluding carboxylic acids is 1. The number of fused-ring (bicyclic) bond motifs is 1. The first-order valence-corrected chi connectivity index (χ1v) is 7.58. The summed E-state index contributed by atoms with van der Waals surface area (Å²) >= 11 is 7.82. The first-order chi connectivity index (χ1) is 9.16. The van der Waals surface area contributed by atoms with E-state index in [1.807, 2.05) is 18.2 Å². The maximum atomic E-state index is 12.4. The lowest BCUT2D eigenvalue weighted by Gasteiger charge is -2.19. The number of amidine groups is 1. The van der Waals surface area contributed by atoms with Crippen LogP contribution in [-0.2, 0) is 16.0 Å². The molecule has 0 aliphatic carbocycles. The third-order valence-corrected chi connectivity index (χ3v) is 4.89. The van der Waals surface area contributed by atoms with Crippen LogP contribution in [0.4, 0.5) is 0 Å². The highest BCUT2D eigenvalue weighted by molar-refractivity contribution is 7.99. The molecule has 100 valence electrons.